The van der Waals surface area contributed by atoms with Gasteiger partial charge in [0.25, 0.3) is 15.9 Å². The molecule has 0 aliphatic heterocycles. The van der Waals surface area contributed by atoms with Gasteiger partial charge in [0.15, 0.2) is 0 Å². The summed E-state index contributed by atoms with van der Waals surface area (Å²) in [5.41, 5.74) is 1.82. The summed E-state index contributed by atoms with van der Waals surface area (Å²) in [5, 5.41) is 13.5. The first-order chi connectivity index (χ1) is 13.8. The molecule has 0 radical (unpaired) electrons. The van der Waals surface area contributed by atoms with Gasteiger partial charge in [0.05, 0.1) is 10.9 Å². The van der Waals surface area contributed by atoms with Gasteiger partial charge in [-0.1, -0.05) is 36.4 Å². The number of hydrogen-bond acceptors (Lipinski definition) is 5. The fraction of sp³-hybridized carbons (Fsp3) is 0.0476. The van der Waals surface area contributed by atoms with Gasteiger partial charge in [-0.25, -0.2) is 8.42 Å². The average Bonchev–Trinajstić information content (AvgIpc) is 2.70. The summed E-state index contributed by atoms with van der Waals surface area (Å²) in [6, 6.07) is 18.0. The molecule has 3 aromatic carbocycles. The lowest BCUT2D eigenvalue weighted by Gasteiger charge is -2.11. The molecule has 148 valence electrons. The highest BCUT2D eigenvalue weighted by Crippen LogP contribution is 2.19. The molecule has 0 bridgehead atoms. The number of anilines is 2. The highest BCUT2D eigenvalue weighted by Gasteiger charge is 2.17. The molecule has 0 saturated carbocycles. The van der Waals surface area contributed by atoms with E-state index in [2.05, 4.69) is 10.0 Å². The second-order valence-electron chi connectivity index (χ2n) is 6.27. The topological polar surface area (TPSA) is 115 Å². The quantitative estimate of drug-likeness (QED) is 0.649. The number of carboxylic acids is 1. The Morgan fingerprint density at radius 1 is 0.862 bits per heavy atom. The van der Waals surface area contributed by atoms with Crippen LogP contribution in [0.1, 0.15) is 26.3 Å². The maximum atomic E-state index is 12.6. The van der Waals surface area contributed by atoms with Gasteiger partial charge < -0.3 is 15.2 Å². The predicted molar refractivity (Wildman–Crippen MR) is 107 cm³/mol. The molecule has 0 aliphatic rings. The van der Waals surface area contributed by atoms with E-state index in [1.54, 1.807) is 12.1 Å². The van der Waals surface area contributed by atoms with Crippen molar-refractivity contribution in [1.29, 1.82) is 0 Å². The molecule has 2 N–H and O–H groups in total. The molecule has 0 atom stereocenters. The first kappa shape index (κ1) is 20.1. The van der Waals surface area contributed by atoms with E-state index < -0.39 is 21.9 Å². The van der Waals surface area contributed by atoms with E-state index in [9.17, 15) is 23.1 Å². The normalized spacial score (nSPS) is 10.9. The SMILES string of the molecule is Cc1ccccc1NC(=O)c1cccc(S(=O)(=O)Nc2ccc(C(=O)[O-])cc2)c1. The Morgan fingerprint density at radius 3 is 2.21 bits per heavy atom. The molecule has 8 heteroatoms. The van der Waals surface area contributed by atoms with Gasteiger partial charge in [-0.3, -0.25) is 9.52 Å². The molecule has 0 aromatic heterocycles. The maximum Gasteiger partial charge on any atom is 0.261 e. The van der Waals surface area contributed by atoms with E-state index in [1.807, 2.05) is 19.1 Å². The van der Waals surface area contributed by atoms with E-state index in [1.165, 1.54) is 48.5 Å². The van der Waals surface area contributed by atoms with Crippen LogP contribution >= 0.6 is 0 Å². The fourth-order valence-electron chi connectivity index (χ4n) is 2.60. The molecule has 7 nitrogen and oxygen atoms in total. The fourth-order valence-corrected chi connectivity index (χ4v) is 3.70. The average molecular weight is 409 g/mol. The second-order valence-corrected chi connectivity index (χ2v) is 7.95. The van der Waals surface area contributed by atoms with Crippen molar-refractivity contribution in [2.75, 3.05) is 10.0 Å². The number of sulfonamides is 1. The summed E-state index contributed by atoms with van der Waals surface area (Å²) in [6.07, 6.45) is 0. The van der Waals surface area contributed by atoms with Crippen molar-refractivity contribution in [3.05, 3.63) is 89.5 Å². The summed E-state index contributed by atoms with van der Waals surface area (Å²) in [6.45, 7) is 1.85. The second kappa shape index (κ2) is 8.15. The third-order valence-corrected chi connectivity index (χ3v) is 5.55. The zero-order valence-electron chi connectivity index (χ0n) is 15.4. The van der Waals surface area contributed by atoms with Gasteiger partial charge in [-0.2, -0.15) is 0 Å². The molecule has 3 aromatic rings. The lowest BCUT2D eigenvalue weighted by Crippen LogP contribution is -2.22. The summed E-state index contributed by atoms with van der Waals surface area (Å²) in [7, 11) is -3.98. The number of para-hydroxylation sites is 1. The van der Waals surface area contributed by atoms with Crippen LogP contribution in [0.25, 0.3) is 0 Å². The van der Waals surface area contributed by atoms with Crippen LogP contribution in [-0.2, 0) is 10.0 Å². The van der Waals surface area contributed by atoms with E-state index in [0.29, 0.717) is 5.69 Å². The largest absolute Gasteiger partial charge is 0.545 e. The number of aromatic carboxylic acids is 1. The number of rotatable bonds is 6. The number of carboxylic acid groups (broad SMARTS) is 1. The van der Waals surface area contributed by atoms with Crippen LogP contribution in [0.3, 0.4) is 0 Å². The lowest BCUT2D eigenvalue weighted by atomic mass is 10.1. The smallest absolute Gasteiger partial charge is 0.261 e. The minimum Gasteiger partial charge on any atom is -0.545 e. The molecule has 0 spiro atoms. The Kier molecular flexibility index (Phi) is 5.65. The molecule has 3 rings (SSSR count). The van der Waals surface area contributed by atoms with Gasteiger partial charge >= 0.3 is 0 Å². The number of nitrogens with one attached hydrogen (secondary N) is 2. The van der Waals surface area contributed by atoms with Crippen LogP contribution in [-0.4, -0.2) is 20.3 Å². The Labute approximate surface area is 168 Å². The molecule has 0 heterocycles. The molecule has 0 aliphatic carbocycles. The summed E-state index contributed by atoms with van der Waals surface area (Å²) in [5.74, 6) is -1.79. The molecule has 29 heavy (non-hydrogen) atoms. The Hall–Kier alpha value is -3.65. The lowest BCUT2D eigenvalue weighted by molar-refractivity contribution is -0.255. The van der Waals surface area contributed by atoms with Crippen LogP contribution in [0.15, 0.2) is 77.7 Å². The molecule has 1 amide bonds. The maximum absolute atomic E-state index is 12.6. The first-order valence-corrected chi connectivity index (χ1v) is 10.1. The van der Waals surface area contributed by atoms with Gasteiger partial charge in [0.1, 0.15) is 0 Å². The molecular weight excluding hydrogens is 392 g/mol. The summed E-state index contributed by atoms with van der Waals surface area (Å²) < 4.78 is 27.6. The Morgan fingerprint density at radius 2 is 1.55 bits per heavy atom. The van der Waals surface area contributed by atoms with E-state index in [4.69, 9.17) is 0 Å². The van der Waals surface area contributed by atoms with Crippen molar-refractivity contribution in [1.82, 2.24) is 0 Å². The van der Waals surface area contributed by atoms with Crippen molar-refractivity contribution in [2.45, 2.75) is 11.8 Å². The predicted octanol–water partition coefficient (Wildman–Crippen LogP) is 2.41. The van der Waals surface area contributed by atoms with E-state index in [0.717, 1.165) is 5.56 Å². The third kappa shape index (κ3) is 4.80. The molecular formula is C21H17N2O5S-. The number of carbonyl (C=O) groups excluding carboxylic acids is 2. The van der Waals surface area contributed by atoms with Crippen LogP contribution < -0.4 is 15.1 Å². The molecule has 0 unspecified atom stereocenters. The van der Waals surface area contributed by atoms with Crippen molar-refractivity contribution in [3.8, 4) is 0 Å². The van der Waals surface area contributed by atoms with Crippen molar-refractivity contribution in [2.24, 2.45) is 0 Å². The number of carbonyl (C=O) groups is 2. The van der Waals surface area contributed by atoms with Gasteiger partial charge in [-0.05, 0) is 54.4 Å². The highest BCUT2D eigenvalue weighted by molar-refractivity contribution is 7.92. The third-order valence-electron chi connectivity index (χ3n) is 4.17. The monoisotopic (exact) mass is 409 g/mol. The van der Waals surface area contributed by atoms with Crippen LogP contribution in [0.4, 0.5) is 11.4 Å². The zero-order valence-corrected chi connectivity index (χ0v) is 16.2. The summed E-state index contributed by atoms with van der Waals surface area (Å²) >= 11 is 0. The van der Waals surface area contributed by atoms with E-state index in [-0.39, 0.29) is 21.7 Å². The number of aryl methyl sites for hydroxylation is 1. The summed E-state index contributed by atoms with van der Waals surface area (Å²) in [4.78, 5) is 23.2. The molecule has 0 saturated heterocycles. The number of hydrogen-bond donors (Lipinski definition) is 2. The van der Waals surface area contributed by atoms with Crippen molar-refractivity contribution in [3.63, 3.8) is 0 Å². The standard InChI is InChI=1S/C21H18N2O5S/c1-14-5-2-3-8-19(14)22-20(24)16-6-4-7-18(13-16)29(27,28)23-17-11-9-15(10-12-17)21(25)26/h2-13,23H,1H3,(H,22,24)(H,25,26)/p-1. The van der Waals surface area contributed by atoms with E-state index >= 15 is 0 Å². The van der Waals surface area contributed by atoms with Crippen molar-refractivity contribution >= 4 is 33.3 Å². The minimum absolute atomic E-state index is 0.0668. The van der Waals surface area contributed by atoms with Gasteiger partial charge in [-0.15, -0.1) is 0 Å². The number of amides is 1. The van der Waals surface area contributed by atoms with Crippen LogP contribution in [0.2, 0.25) is 0 Å². The Balaban J connectivity index is 1.81. The molecule has 0 fully saturated rings. The first-order valence-electron chi connectivity index (χ1n) is 8.57. The van der Waals surface area contributed by atoms with Crippen molar-refractivity contribution < 1.29 is 23.1 Å². The zero-order chi connectivity index (χ0) is 21.0. The van der Waals surface area contributed by atoms with Crippen LogP contribution in [0.5, 0.6) is 0 Å². The Bertz CT molecular complexity index is 1170. The number of benzene rings is 3. The van der Waals surface area contributed by atoms with Gasteiger partial charge in [0.2, 0.25) is 0 Å². The minimum atomic E-state index is -3.98. The highest BCUT2D eigenvalue weighted by atomic mass is 32.2. The van der Waals surface area contributed by atoms with Crippen LogP contribution in [0, 0.1) is 6.92 Å². The van der Waals surface area contributed by atoms with Gasteiger partial charge in [0, 0.05) is 16.9 Å².